The number of nitrogens with one attached hydrogen (secondary N) is 1. The fourth-order valence-electron chi connectivity index (χ4n) is 1.56. The largest absolute Gasteiger partial charge is 0.497 e. The van der Waals surface area contributed by atoms with Crippen LogP contribution in [0.3, 0.4) is 0 Å². The van der Waals surface area contributed by atoms with Crippen LogP contribution in [0, 0.1) is 0 Å². The van der Waals surface area contributed by atoms with Crippen LogP contribution in [0.25, 0.3) is 0 Å². The predicted molar refractivity (Wildman–Crippen MR) is 76.8 cm³/mol. The van der Waals surface area contributed by atoms with E-state index in [0.717, 1.165) is 23.6 Å². The van der Waals surface area contributed by atoms with Crippen LogP contribution in [-0.4, -0.2) is 31.0 Å². The van der Waals surface area contributed by atoms with Gasteiger partial charge in [-0.1, -0.05) is 26.8 Å². The Labute approximate surface area is 115 Å². The SMILES string of the molecule is CCC(O)COc1cc(OC)ccc1CNC(C)C. The smallest absolute Gasteiger partial charge is 0.127 e. The highest BCUT2D eigenvalue weighted by molar-refractivity contribution is 5.40. The molecule has 1 aromatic rings. The van der Waals surface area contributed by atoms with Crippen molar-refractivity contribution in [1.82, 2.24) is 5.32 Å². The summed E-state index contributed by atoms with van der Waals surface area (Å²) in [6.07, 6.45) is 0.251. The number of hydrogen-bond donors (Lipinski definition) is 2. The van der Waals surface area contributed by atoms with Gasteiger partial charge >= 0.3 is 0 Å². The van der Waals surface area contributed by atoms with E-state index in [1.54, 1.807) is 7.11 Å². The van der Waals surface area contributed by atoms with Crippen molar-refractivity contribution < 1.29 is 14.6 Å². The van der Waals surface area contributed by atoms with Gasteiger partial charge in [-0.2, -0.15) is 0 Å². The summed E-state index contributed by atoms with van der Waals surface area (Å²) in [6, 6.07) is 6.18. The Morgan fingerprint density at radius 3 is 2.63 bits per heavy atom. The van der Waals surface area contributed by atoms with Crippen molar-refractivity contribution in [3.05, 3.63) is 23.8 Å². The zero-order valence-electron chi connectivity index (χ0n) is 12.3. The third-order valence-electron chi connectivity index (χ3n) is 2.88. The van der Waals surface area contributed by atoms with Crippen molar-refractivity contribution in [3.8, 4) is 11.5 Å². The summed E-state index contributed by atoms with van der Waals surface area (Å²) in [7, 11) is 1.63. The van der Waals surface area contributed by atoms with Gasteiger partial charge in [0.1, 0.15) is 18.1 Å². The minimum absolute atomic E-state index is 0.304. The second kappa shape index (κ2) is 8.02. The monoisotopic (exact) mass is 267 g/mol. The van der Waals surface area contributed by atoms with Crippen LogP contribution in [0.4, 0.5) is 0 Å². The van der Waals surface area contributed by atoms with E-state index in [4.69, 9.17) is 9.47 Å². The van der Waals surface area contributed by atoms with Crippen LogP contribution in [0.15, 0.2) is 18.2 Å². The fraction of sp³-hybridized carbons (Fsp3) is 0.600. The minimum Gasteiger partial charge on any atom is -0.497 e. The highest BCUT2D eigenvalue weighted by Crippen LogP contribution is 2.25. The predicted octanol–water partition coefficient (Wildman–Crippen LogP) is 2.34. The molecule has 0 fully saturated rings. The highest BCUT2D eigenvalue weighted by atomic mass is 16.5. The maximum atomic E-state index is 9.58. The molecule has 0 saturated carbocycles. The van der Waals surface area contributed by atoms with Gasteiger partial charge in [0, 0.05) is 24.2 Å². The molecule has 108 valence electrons. The summed E-state index contributed by atoms with van der Waals surface area (Å²) >= 11 is 0. The topological polar surface area (TPSA) is 50.7 Å². The van der Waals surface area contributed by atoms with Gasteiger partial charge in [0.15, 0.2) is 0 Å². The Morgan fingerprint density at radius 1 is 1.32 bits per heavy atom. The van der Waals surface area contributed by atoms with Crippen LogP contribution in [0.1, 0.15) is 32.8 Å². The van der Waals surface area contributed by atoms with E-state index in [1.807, 2.05) is 25.1 Å². The number of hydrogen-bond acceptors (Lipinski definition) is 4. The Balaban J connectivity index is 2.76. The fourth-order valence-corrected chi connectivity index (χ4v) is 1.56. The number of aliphatic hydroxyl groups is 1. The summed E-state index contributed by atoms with van der Waals surface area (Å²) in [5, 5.41) is 12.9. The zero-order valence-corrected chi connectivity index (χ0v) is 12.3. The summed E-state index contributed by atoms with van der Waals surface area (Å²) in [6.45, 7) is 7.17. The molecule has 1 rings (SSSR count). The number of aliphatic hydroxyl groups excluding tert-OH is 1. The highest BCUT2D eigenvalue weighted by Gasteiger charge is 2.09. The lowest BCUT2D eigenvalue weighted by Gasteiger charge is -2.16. The second-order valence-corrected chi connectivity index (χ2v) is 4.88. The van der Waals surface area contributed by atoms with Crippen LogP contribution in [0.2, 0.25) is 0 Å². The van der Waals surface area contributed by atoms with Gasteiger partial charge in [0.25, 0.3) is 0 Å². The molecule has 1 atom stereocenters. The molecule has 0 spiro atoms. The lowest BCUT2D eigenvalue weighted by atomic mass is 10.1. The van der Waals surface area contributed by atoms with Gasteiger partial charge in [-0.05, 0) is 12.5 Å². The third kappa shape index (κ3) is 5.49. The molecule has 0 saturated heterocycles. The quantitative estimate of drug-likeness (QED) is 0.759. The molecular weight excluding hydrogens is 242 g/mol. The summed E-state index contributed by atoms with van der Waals surface area (Å²) < 4.78 is 10.9. The van der Waals surface area contributed by atoms with Crippen molar-refractivity contribution in [2.24, 2.45) is 0 Å². The van der Waals surface area contributed by atoms with E-state index in [2.05, 4.69) is 19.2 Å². The van der Waals surface area contributed by atoms with Crippen molar-refractivity contribution in [3.63, 3.8) is 0 Å². The van der Waals surface area contributed by atoms with Crippen LogP contribution < -0.4 is 14.8 Å². The number of ether oxygens (including phenoxy) is 2. The molecular formula is C15H25NO3. The van der Waals surface area contributed by atoms with Gasteiger partial charge in [-0.3, -0.25) is 0 Å². The average Bonchev–Trinajstić information content (AvgIpc) is 2.42. The van der Waals surface area contributed by atoms with E-state index in [1.165, 1.54) is 0 Å². The number of methoxy groups -OCH3 is 1. The molecule has 0 aliphatic rings. The maximum absolute atomic E-state index is 9.58. The molecule has 2 N–H and O–H groups in total. The molecule has 0 aliphatic carbocycles. The van der Waals surface area contributed by atoms with Crippen LogP contribution in [-0.2, 0) is 6.54 Å². The van der Waals surface area contributed by atoms with Crippen LogP contribution in [0.5, 0.6) is 11.5 Å². The Hall–Kier alpha value is -1.26. The number of benzene rings is 1. The van der Waals surface area contributed by atoms with Gasteiger partial charge < -0.3 is 19.9 Å². The van der Waals surface area contributed by atoms with Gasteiger partial charge in [-0.25, -0.2) is 0 Å². The first-order chi connectivity index (χ1) is 9.06. The molecule has 1 unspecified atom stereocenters. The minimum atomic E-state index is -0.433. The van der Waals surface area contributed by atoms with Gasteiger partial charge in [-0.15, -0.1) is 0 Å². The second-order valence-electron chi connectivity index (χ2n) is 4.88. The van der Waals surface area contributed by atoms with Gasteiger partial charge in [0.05, 0.1) is 13.2 Å². The molecule has 0 heterocycles. The zero-order chi connectivity index (χ0) is 14.3. The molecule has 0 aliphatic heterocycles. The molecule has 0 aromatic heterocycles. The van der Waals surface area contributed by atoms with E-state index in [-0.39, 0.29) is 0 Å². The Kier molecular flexibility index (Phi) is 6.67. The molecule has 0 amide bonds. The average molecular weight is 267 g/mol. The first kappa shape index (κ1) is 15.8. The third-order valence-corrected chi connectivity index (χ3v) is 2.88. The van der Waals surface area contributed by atoms with E-state index in [0.29, 0.717) is 19.1 Å². The molecule has 4 heteroatoms. The molecule has 0 bridgehead atoms. The van der Waals surface area contributed by atoms with E-state index in [9.17, 15) is 5.11 Å². The Morgan fingerprint density at radius 2 is 2.05 bits per heavy atom. The van der Waals surface area contributed by atoms with Crippen molar-refractivity contribution in [2.45, 2.75) is 45.9 Å². The first-order valence-corrected chi connectivity index (χ1v) is 6.78. The standard InChI is InChI=1S/C15H25NO3/c1-5-13(17)10-19-15-8-14(18-4)7-6-12(15)9-16-11(2)3/h6-8,11,13,16-17H,5,9-10H2,1-4H3. The lowest BCUT2D eigenvalue weighted by Crippen LogP contribution is -2.23. The number of rotatable bonds is 8. The first-order valence-electron chi connectivity index (χ1n) is 6.78. The molecule has 1 aromatic carbocycles. The maximum Gasteiger partial charge on any atom is 0.127 e. The van der Waals surface area contributed by atoms with Crippen molar-refractivity contribution >= 4 is 0 Å². The molecule has 0 radical (unpaired) electrons. The van der Waals surface area contributed by atoms with E-state index >= 15 is 0 Å². The Bertz CT molecular complexity index is 380. The normalized spacial score (nSPS) is 12.5. The summed E-state index contributed by atoms with van der Waals surface area (Å²) in [4.78, 5) is 0. The van der Waals surface area contributed by atoms with Crippen molar-refractivity contribution in [1.29, 1.82) is 0 Å². The van der Waals surface area contributed by atoms with Crippen molar-refractivity contribution in [2.75, 3.05) is 13.7 Å². The molecule has 19 heavy (non-hydrogen) atoms. The van der Waals surface area contributed by atoms with Gasteiger partial charge in [0.2, 0.25) is 0 Å². The molecule has 4 nitrogen and oxygen atoms in total. The summed E-state index contributed by atoms with van der Waals surface area (Å²) in [5.74, 6) is 1.52. The van der Waals surface area contributed by atoms with Crippen LogP contribution >= 0.6 is 0 Å². The summed E-state index contributed by atoms with van der Waals surface area (Å²) in [5.41, 5.74) is 1.07. The lowest BCUT2D eigenvalue weighted by molar-refractivity contribution is 0.103. The van der Waals surface area contributed by atoms with E-state index < -0.39 is 6.10 Å².